The summed E-state index contributed by atoms with van der Waals surface area (Å²) in [5.41, 5.74) is 7.21. The van der Waals surface area contributed by atoms with E-state index in [0.717, 1.165) is 18.9 Å². The summed E-state index contributed by atoms with van der Waals surface area (Å²) in [4.78, 5) is 2.50. The van der Waals surface area contributed by atoms with Crippen LogP contribution in [0.25, 0.3) is 0 Å². The minimum atomic E-state index is 0.588. The Hall–Kier alpha value is -0.860. The lowest BCUT2D eigenvalue weighted by atomic mass is 9.89. The maximum Gasteiger partial charge on any atom is 0.0216 e. The Morgan fingerprint density at radius 1 is 1.33 bits per heavy atom. The molecule has 0 saturated carbocycles. The summed E-state index contributed by atoms with van der Waals surface area (Å²) in [6.45, 7) is 5.37. The third-order valence-electron chi connectivity index (χ3n) is 3.44. The number of benzene rings is 1. The number of rotatable bonds is 4. The van der Waals surface area contributed by atoms with Crippen molar-refractivity contribution in [2.24, 2.45) is 5.73 Å². The predicted molar refractivity (Wildman–Crippen MR) is 63.9 cm³/mol. The van der Waals surface area contributed by atoms with Crippen molar-refractivity contribution < 1.29 is 0 Å². The summed E-state index contributed by atoms with van der Waals surface area (Å²) in [6, 6.07) is 11.4. The average Bonchev–Trinajstić information content (AvgIpc) is 2.24. The zero-order valence-electron chi connectivity index (χ0n) is 9.39. The largest absolute Gasteiger partial charge is 0.329 e. The molecule has 1 aromatic carbocycles. The van der Waals surface area contributed by atoms with Crippen LogP contribution in [0.5, 0.6) is 0 Å². The second-order valence-electron chi connectivity index (χ2n) is 4.36. The summed E-state index contributed by atoms with van der Waals surface area (Å²) < 4.78 is 0. The lowest BCUT2D eigenvalue weighted by Gasteiger charge is -2.44. The van der Waals surface area contributed by atoms with Crippen molar-refractivity contribution in [3.63, 3.8) is 0 Å². The Morgan fingerprint density at radius 3 is 2.53 bits per heavy atom. The van der Waals surface area contributed by atoms with Crippen LogP contribution in [0.1, 0.15) is 24.8 Å². The van der Waals surface area contributed by atoms with Gasteiger partial charge in [0.15, 0.2) is 0 Å². The zero-order chi connectivity index (χ0) is 10.7. The number of hydrogen-bond donors (Lipinski definition) is 1. The first kappa shape index (κ1) is 10.7. The van der Waals surface area contributed by atoms with Crippen molar-refractivity contribution in [1.82, 2.24) is 4.90 Å². The fraction of sp³-hybridized carbons (Fsp3) is 0.538. The van der Waals surface area contributed by atoms with Crippen LogP contribution in [-0.4, -0.2) is 30.6 Å². The molecular weight excluding hydrogens is 184 g/mol. The summed E-state index contributed by atoms with van der Waals surface area (Å²) in [7, 11) is 0. The van der Waals surface area contributed by atoms with Crippen molar-refractivity contribution in [3.05, 3.63) is 35.9 Å². The van der Waals surface area contributed by atoms with E-state index in [2.05, 4.69) is 42.2 Å². The molecule has 2 rings (SSSR count). The Balaban J connectivity index is 1.88. The van der Waals surface area contributed by atoms with Crippen molar-refractivity contribution in [2.75, 3.05) is 19.6 Å². The minimum Gasteiger partial charge on any atom is -0.329 e. The van der Waals surface area contributed by atoms with E-state index in [1.165, 1.54) is 18.7 Å². The van der Waals surface area contributed by atoms with E-state index in [0.29, 0.717) is 6.04 Å². The molecule has 82 valence electrons. The molecule has 2 N–H and O–H groups in total. The number of nitrogens with zero attached hydrogens (tertiary/aromatic N) is 1. The van der Waals surface area contributed by atoms with Gasteiger partial charge in [0.1, 0.15) is 0 Å². The van der Waals surface area contributed by atoms with Gasteiger partial charge in [-0.1, -0.05) is 37.3 Å². The molecular formula is C13H20N2. The van der Waals surface area contributed by atoms with Gasteiger partial charge < -0.3 is 5.73 Å². The highest BCUT2D eigenvalue weighted by atomic mass is 15.2. The van der Waals surface area contributed by atoms with Crippen molar-refractivity contribution >= 4 is 0 Å². The Morgan fingerprint density at radius 2 is 2.00 bits per heavy atom. The number of hydrogen-bond acceptors (Lipinski definition) is 2. The van der Waals surface area contributed by atoms with Crippen molar-refractivity contribution in [2.45, 2.75) is 25.3 Å². The molecule has 1 atom stereocenters. The monoisotopic (exact) mass is 204 g/mol. The van der Waals surface area contributed by atoms with Gasteiger partial charge in [-0.25, -0.2) is 0 Å². The van der Waals surface area contributed by atoms with Gasteiger partial charge in [-0.15, -0.1) is 0 Å². The Bertz CT molecular complexity index is 287. The first-order chi connectivity index (χ1) is 7.35. The molecule has 0 aromatic heterocycles. The highest BCUT2D eigenvalue weighted by molar-refractivity contribution is 5.22. The normalized spacial score (nSPS) is 19.9. The van der Waals surface area contributed by atoms with Crippen LogP contribution in [0.15, 0.2) is 30.3 Å². The summed E-state index contributed by atoms with van der Waals surface area (Å²) in [5, 5.41) is 0. The molecule has 1 aromatic rings. The van der Waals surface area contributed by atoms with Crippen LogP contribution in [0, 0.1) is 0 Å². The molecule has 1 aliphatic rings. The van der Waals surface area contributed by atoms with E-state index in [1.54, 1.807) is 0 Å². The number of likely N-dealkylation sites (tertiary alicyclic amines) is 1. The molecule has 0 aliphatic carbocycles. The molecule has 1 fully saturated rings. The highest BCUT2D eigenvalue weighted by Crippen LogP contribution is 2.28. The molecule has 0 spiro atoms. The van der Waals surface area contributed by atoms with E-state index in [-0.39, 0.29) is 0 Å². The van der Waals surface area contributed by atoms with Gasteiger partial charge in [-0.05, 0) is 12.0 Å². The van der Waals surface area contributed by atoms with Crippen LogP contribution >= 0.6 is 0 Å². The van der Waals surface area contributed by atoms with Crippen LogP contribution in [0.4, 0.5) is 0 Å². The van der Waals surface area contributed by atoms with Gasteiger partial charge in [0, 0.05) is 31.6 Å². The average molecular weight is 204 g/mol. The molecule has 0 radical (unpaired) electrons. The third-order valence-corrected chi connectivity index (χ3v) is 3.44. The van der Waals surface area contributed by atoms with Gasteiger partial charge in [-0.3, -0.25) is 4.90 Å². The minimum absolute atomic E-state index is 0.588. The quantitative estimate of drug-likeness (QED) is 0.810. The van der Waals surface area contributed by atoms with E-state index in [9.17, 15) is 0 Å². The lowest BCUT2D eigenvalue weighted by molar-refractivity contribution is 0.0927. The van der Waals surface area contributed by atoms with Gasteiger partial charge in [0.25, 0.3) is 0 Å². The standard InChI is InChI=1S/C13H20N2/c1-2-13(8-14)15-9-12(10-15)11-6-4-3-5-7-11/h3-7,12-13H,2,8-10,14H2,1H3. The molecule has 0 bridgehead atoms. The first-order valence-corrected chi connectivity index (χ1v) is 5.84. The van der Waals surface area contributed by atoms with E-state index < -0.39 is 0 Å². The second kappa shape index (κ2) is 4.77. The maximum absolute atomic E-state index is 5.74. The van der Waals surface area contributed by atoms with E-state index >= 15 is 0 Å². The molecule has 0 amide bonds. The van der Waals surface area contributed by atoms with Crippen LogP contribution in [0.3, 0.4) is 0 Å². The molecule has 1 aliphatic heterocycles. The number of nitrogens with two attached hydrogens (primary N) is 1. The Kier molecular flexibility index (Phi) is 3.39. The lowest BCUT2D eigenvalue weighted by Crippen LogP contribution is -2.52. The van der Waals surface area contributed by atoms with Crippen molar-refractivity contribution in [1.29, 1.82) is 0 Å². The van der Waals surface area contributed by atoms with Crippen LogP contribution in [0.2, 0.25) is 0 Å². The predicted octanol–water partition coefficient (Wildman–Crippen LogP) is 1.82. The second-order valence-corrected chi connectivity index (χ2v) is 4.36. The SMILES string of the molecule is CCC(CN)N1CC(c2ccccc2)C1. The van der Waals surface area contributed by atoms with Crippen LogP contribution in [-0.2, 0) is 0 Å². The summed E-state index contributed by atoms with van der Waals surface area (Å²) in [5.74, 6) is 0.729. The Labute approximate surface area is 92.1 Å². The molecule has 1 unspecified atom stereocenters. The molecule has 2 heteroatoms. The molecule has 1 saturated heterocycles. The molecule has 2 nitrogen and oxygen atoms in total. The maximum atomic E-state index is 5.74. The fourth-order valence-electron chi connectivity index (χ4n) is 2.32. The third kappa shape index (κ3) is 2.21. The smallest absolute Gasteiger partial charge is 0.0216 e. The zero-order valence-corrected chi connectivity index (χ0v) is 9.39. The fourth-order valence-corrected chi connectivity index (χ4v) is 2.32. The van der Waals surface area contributed by atoms with Gasteiger partial charge in [0.2, 0.25) is 0 Å². The molecule has 1 heterocycles. The van der Waals surface area contributed by atoms with E-state index in [4.69, 9.17) is 5.73 Å². The first-order valence-electron chi connectivity index (χ1n) is 5.84. The van der Waals surface area contributed by atoms with Crippen molar-refractivity contribution in [3.8, 4) is 0 Å². The summed E-state index contributed by atoms with van der Waals surface area (Å²) >= 11 is 0. The van der Waals surface area contributed by atoms with Gasteiger partial charge in [-0.2, -0.15) is 0 Å². The van der Waals surface area contributed by atoms with E-state index in [1.807, 2.05) is 0 Å². The summed E-state index contributed by atoms with van der Waals surface area (Å²) in [6.07, 6.45) is 1.16. The van der Waals surface area contributed by atoms with Gasteiger partial charge >= 0.3 is 0 Å². The van der Waals surface area contributed by atoms with Crippen LogP contribution < -0.4 is 5.73 Å². The van der Waals surface area contributed by atoms with Gasteiger partial charge in [0.05, 0.1) is 0 Å². The highest BCUT2D eigenvalue weighted by Gasteiger charge is 2.31. The molecule has 15 heavy (non-hydrogen) atoms. The topological polar surface area (TPSA) is 29.3 Å².